The van der Waals surface area contributed by atoms with Crippen LogP contribution in [0.1, 0.15) is 29.3 Å². The number of Topliss-reactive ketones (excluding diaryl/α,β-unsaturated/α-hetero) is 2. The lowest BCUT2D eigenvalue weighted by atomic mass is 9.55. The summed E-state index contributed by atoms with van der Waals surface area (Å²) in [5.41, 5.74) is -0.654. The molecule has 0 bridgehead atoms. The molecule has 0 aliphatic heterocycles. The number of amides is 1. The van der Waals surface area contributed by atoms with E-state index in [9.17, 15) is 39.9 Å². The molecule has 0 radical (unpaired) electrons. The summed E-state index contributed by atoms with van der Waals surface area (Å²) >= 11 is 0. The molecule has 3 aliphatic rings. The molecule has 0 saturated heterocycles. The molecular formula is C22H27AlN2O8. The molecule has 3 aliphatic carbocycles. The molecule has 0 spiro atoms. The fourth-order valence-corrected chi connectivity index (χ4v) is 5.51. The van der Waals surface area contributed by atoms with Gasteiger partial charge in [0, 0.05) is 17.4 Å². The zero-order valence-electron chi connectivity index (χ0n) is 17.7. The summed E-state index contributed by atoms with van der Waals surface area (Å²) in [5, 5.41) is 55.0. The molecule has 5 atom stereocenters. The number of phenols is 1. The molecule has 33 heavy (non-hydrogen) atoms. The fraction of sp³-hybridized carbons (Fsp3) is 0.409. The molecule has 176 valence electrons. The Balaban J connectivity index is 0.00000306. The number of aliphatic hydroxyl groups is 4. The third-order valence-corrected chi connectivity index (χ3v) is 7.02. The van der Waals surface area contributed by atoms with Gasteiger partial charge < -0.3 is 31.3 Å². The normalized spacial score (nSPS) is 33.3. The number of ketones is 2. The van der Waals surface area contributed by atoms with E-state index in [-0.39, 0.29) is 34.9 Å². The molecule has 1 amide bonds. The van der Waals surface area contributed by atoms with Crippen LogP contribution in [0.4, 0.5) is 0 Å². The molecule has 0 unspecified atom stereocenters. The number of hydrogen-bond acceptors (Lipinski definition) is 9. The summed E-state index contributed by atoms with van der Waals surface area (Å²) < 4.78 is 0. The molecule has 4 rings (SSSR count). The van der Waals surface area contributed by atoms with Gasteiger partial charge in [0.1, 0.15) is 22.8 Å². The zero-order valence-corrected chi connectivity index (χ0v) is 17.7. The molecule has 0 aromatic heterocycles. The van der Waals surface area contributed by atoms with Crippen molar-refractivity contribution < 1.29 is 39.9 Å². The maximum Gasteiger partial charge on any atom is 0.255 e. The van der Waals surface area contributed by atoms with Crippen LogP contribution in [-0.4, -0.2) is 91.0 Å². The molecule has 10 nitrogen and oxygen atoms in total. The summed E-state index contributed by atoms with van der Waals surface area (Å²) in [6, 6.07) is 3.05. The monoisotopic (exact) mass is 474 g/mol. The topological polar surface area (TPSA) is 182 Å². The first kappa shape index (κ1) is 25.0. The van der Waals surface area contributed by atoms with Crippen LogP contribution in [0.2, 0.25) is 0 Å². The van der Waals surface area contributed by atoms with Gasteiger partial charge >= 0.3 is 0 Å². The molecule has 1 aromatic carbocycles. The van der Waals surface area contributed by atoms with Crippen LogP contribution in [0.25, 0.3) is 0 Å². The number of nitrogens with two attached hydrogens (primary N) is 1. The highest BCUT2D eigenvalue weighted by molar-refractivity contribution is 6.24. The molecular weight excluding hydrogens is 447 g/mol. The second kappa shape index (κ2) is 7.69. The van der Waals surface area contributed by atoms with Crippen molar-refractivity contribution in [2.75, 3.05) is 14.1 Å². The Hall–Kier alpha value is -2.68. The summed E-state index contributed by atoms with van der Waals surface area (Å²) in [4.78, 5) is 39.9. The Morgan fingerprint density at radius 2 is 1.76 bits per heavy atom. The van der Waals surface area contributed by atoms with Crippen molar-refractivity contribution in [1.82, 2.24) is 4.90 Å². The fourth-order valence-electron chi connectivity index (χ4n) is 5.51. The van der Waals surface area contributed by atoms with E-state index < -0.39 is 75.0 Å². The van der Waals surface area contributed by atoms with Crippen LogP contribution >= 0.6 is 0 Å². The van der Waals surface area contributed by atoms with Crippen LogP contribution in [-0.2, 0) is 15.2 Å². The second-order valence-electron chi connectivity index (χ2n) is 8.96. The van der Waals surface area contributed by atoms with Crippen molar-refractivity contribution in [3.8, 4) is 5.75 Å². The van der Waals surface area contributed by atoms with Crippen molar-refractivity contribution >= 4 is 34.8 Å². The van der Waals surface area contributed by atoms with Gasteiger partial charge in [0.2, 0.25) is 5.78 Å². The first-order valence-corrected chi connectivity index (χ1v) is 9.97. The van der Waals surface area contributed by atoms with Crippen LogP contribution in [0, 0.1) is 11.8 Å². The second-order valence-corrected chi connectivity index (χ2v) is 8.96. The minimum atomic E-state index is -2.75. The number of phenolic OH excluding ortho intramolecular Hbond substituents is 1. The lowest BCUT2D eigenvalue weighted by Gasteiger charge is -2.52. The SMILES string of the molecule is CN(C)[C@@H]1C(O)=C(C(N)=O)C(=O)[C@@]2(O)C(O)=C3C(=O)c4c(O)cccc4[C@@](C)(O)[C@H]3C[C@@H]12.[AlH3]. The summed E-state index contributed by atoms with van der Waals surface area (Å²) in [6.07, 6.45) is -0.200. The van der Waals surface area contributed by atoms with E-state index in [2.05, 4.69) is 0 Å². The molecule has 0 fully saturated rings. The van der Waals surface area contributed by atoms with Crippen molar-refractivity contribution in [2.24, 2.45) is 17.6 Å². The number of aromatic hydroxyl groups is 1. The number of carbonyl (C=O) groups is 3. The van der Waals surface area contributed by atoms with E-state index in [1.54, 1.807) is 0 Å². The average molecular weight is 474 g/mol. The lowest BCUT2D eigenvalue weighted by molar-refractivity contribution is -0.151. The van der Waals surface area contributed by atoms with Gasteiger partial charge in [-0.3, -0.25) is 19.3 Å². The Kier molecular flexibility index (Phi) is 5.81. The third kappa shape index (κ3) is 3.01. The van der Waals surface area contributed by atoms with Gasteiger partial charge in [-0.05, 0) is 39.1 Å². The molecule has 1 aromatic rings. The van der Waals surface area contributed by atoms with Crippen LogP contribution in [0.15, 0.2) is 40.9 Å². The first-order valence-electron chi connectivity index (χ1n) is 9.97. The number of hydrogen-bond donors (Lipinski definition) is 6. The van der Waals surface area contributed by atoms with Gasteiger partial charge in [-0.15, -0.1) is 0 Å². The van der Waals surface area contributed by atoms with Crippen molar-refractivity contribution in [3.63, 3.8) is 0 Å². The number of likely N-dealkylation sites (N-methyl/N-ethyl adjacent to an activating group) is 1. The number of benzene rings is 1. The molecule has 7 N–H and O–H groups in total. The van der Waals surface area contributed by atoms with Gasteiger partial charge in [-0.1, -0.05) is 12.1 Å². The number of primary amides is 1. The quantitative estimate of drug-likeness (QED) is 0.222. The maximum absolute atomic E-state index is 13.3. The first-order chi connectivity index (χ1) is 14.8. The van der Waals surface area contributed by atoms with Gasteiger partial charge in [0.25, 0.3) is 5.91 Å². The Labute approximate surface area is 199 Å². The highest BCUT2D eigenvalue weighted by Crippen LogP contribution is 2.56. The Morgan fingerprint density at radius 3 is 2.30 bits per heavy atom. The highest BCUT2D eigenvalue weighted by Gasteiger charge is 2.65. The minimum absolute atomic E-state index is 0. The van der Waals surface area contributed by atoms with Gasteiger partial charge in [-0.25, -0.2) is 0 Å². The molecule has 0 heterocycles. The van der Waals surface area contributed by atoms with Gasteiger partial charge in [-0.2, -0.15) is 0 Å². The predicted molar refractivity (Wildman–Crippen MR) is 119 cm³/mol. The maximum atomic E-state index is 13.3. The van der Waals surface area contributed by atoms with E-state index in [1.165, 1.54) is 44.1 Å². The molecule has 11 heteroatoms. The number of fused-ring (bicyclic) bond motifs is 3. The van der Waals surface area contributed by atoms with Gasteiger partial charge in [0.05, 0.1) is 17.2 Å². The van der Waals surface area contributed by atoms with E-state index in [0.29, 0.717) is 0 Å². The van der Waals surface area contributed by atoms with Crippen LogP contribution < -0.4 is 5.73 Å². The zero-order chi connectivity index (χ0) is 23.9. The molecule has 0 saturated carbocycles. The Morgan fingerprint density at radius 1 is 1.15 bits per heavy atom. The van der Waals surface area contributed by atoms with Crippen molar-refractivity contribution in [3.05, 3.63) is 52.0 Å². The number of rotatable bonds is 2. The number of aliphatic hydroxyl groups excluding tert-OH is 2. The lowest BCUT2D eigenvalue weighted by Crippen LogP contribution is -2.65. The van der Waals surface area contributed by atoms with E-state index >= 15 is 0 Å². The largest absolute Gasteiger partial charge is 0.510 e. The van der Waals surface area contributed by atoms with E-state index in [0.717, 1.165) is 0 Å². The summed E-state index contributed by atoms with van der Waals surface area (Å²) in [7, 11) is 3.06. The standard InChI is InChI=1S/C22H24N2O8.Al.3H/c1-21(31)8-5-4-6-11(25)12(8)16(26)13-9(21)7-10-15(24(2)3)17(27)14(20(23)30)19(29)22(10,32)18(13)28;;;;/h4-6,9-10,15,25,27-28,31-32H,7H2,1-3H3,(H2,23,30);;;;/t9-,10-,15-,21+,22-;;;;/m0..../s1. The van der Waals surface area contributed by atoms with Crippen LogP contribution in [0.5, 0.6) is 5.75 Å². The smallest absolute Gasteiger partial charge is 0.255 e. The summed E-state index contributed by atoms with van der Waals surface area (Å²) in [5.74, 6) is -7.89. The highest BCUT2D eigenvalue weighted by atomic mass is 27.0. The van der Waals surface area contributed by atoms with E-state index in [4.69, 9.17) is 5.73 Å². The van der Waals surface area contributed by atoms with Crippen molar-refractivity contribution in [1.29, 1.82) is 0 Å². The minimum Gasteiger partial charge on any atom is -0.510 e. The van der Waals surface area contributed by atoms with Crippen LogP contribution in [0.3, 0.4) is 0 Å². The predicted octanol–water partition coefficient (Wildman–Crippen LogP) is -1.40. The average Bonchev–Trinajstić information content (AvgIpc) is 2.68. The van der Waals surface area contributed by atoms with E-state index in [1.807, 2.05) is 0 Å². The Bertz CT molecular complexity index is 1160. The van der Waals surface area contributed by atoms with Crippen molar-refractivity contribution in [2.45, 2.75) is 30.6 Å². The van der Waals surface area contributed by atoms with Gasteiger partial charge in [0.15, 0.2) is 28.7 Å². The number of carbonyl (C=O) groups excluding carboxylic acids is 3. The summed E-state index contributed by atoms with van der Waals surface area (Å²) in [6.45, 7) is 1.40. The third-order valence-electron chi connectivity index (χ3n) is 7.02. The number of nitrogens with zero attached hydrogens (tertiary/aromatic N) is 1.